The lowest BCUT2D eigenvalue weighted by atomic mass is 9.99. The second-order valence-corrected chi connectivity index (χ2v) is 6.19. The van der Waals surface area contributed by atoms with Crippen LogP contribution in [0.5, 0.6) is 0 Å². The summed E-state index contributed by atoms with van der Waals surface area (Å²) in [4.78, 5) is 16.6. The minimum Gasteiger partial charge on any atom is -0.378 e. The minimum absolute atomic E-state index is 0.277. The van der Waals surface area contributed by atoms with Crippen LogP contribution in [0.2, 0.25) is 0 Å². The molecule has 3 aliphatic rings. The van der Waals surface area contributed by atoms with Crippen LogP contribution >= 0.6 is 0 Å². The fourth-order valence-corrected chi connectivity index (χ4v) is 3.82. The molecule has 3 aliphatic heterocycles. The maximum Gasteiger partial charge on any atom is 0.224 e. The van der Waals surface area contributed by atoms with Crippen LogP contribution in [-0.2, 0) is 9.53 Å². The number of nitrogens with one attached hydrogen (secondary N) is 1. The molecule has 5 heteroatoms. The van der Waals surface area contributed by atoms with E-state index in [2.05, 4.69) is 10.2 Å². The molecule has 1 N–H and O–H groups in total. The van der Waals surface area contributed by atoms with Crippen LogP contribution in [-0.4, -0.2) is 73.7 Å². The van der Waals surface area contributed by atoms with Crippen molar-refractivity contribution in [2.45, 2.75) is 44.2 Å². The van der Waals surface area contributed by atoms with E-state index in [1.54, 1.807) is 0 Å². The molecular formula is C15H27N3O2. The Hall–Kier alpha value is -0.650. The van der Waals surface area contributed by atoms with E-state index in [1.807, 2.05) is 4.90 Å². The van der Waals surface area contributed by atoms with Gasteiger partial charge in [0.05, 0.1) is 13.2 Å². The summed E-state index contributed by atoms with van der Waals surface area (Å²) < 4.78 is 5.28. The molecule has 0 aromatic heterocycles. The third-order valence-electron chi connectivity index (χ3n) is 4.97. The van der Waals surface area contributed by atoms with Crippen LogP contribution in [0.25, 0.3) is 0 Å². The van der Waals surface area contributed by atoms with Gasteiger partial charge in [-0.25, -0.2) is 0 Å². The third kappa shape index (κ3) is 3.32. The predicted molar refractivity (Wildman–Crippen MR) is 77.6 cm³/mol. The fourth-order valence-electron chi connectivity index (χ4n) is 3.82. The van der Waals surface area contributed by atoms with E-state index < -0.39 is 0 Å². The lowest BCUT2D eigenvalue weighted by Gasteiger charge is -2.33. The summed E-state index contributed by atoms with van der Waals surface area (Å²) in [6.07, 6.45) is 5.93. The Morgan fingerprint density at radius 2 is 1.95 bits per heavy atom. The van der Waals surface area contributed by atoms with Crippen molar-refractivity contribution < 1.29 is 9.53 Å². The van der Waals surface area contributed by atoms with Gasteiger partial charge in [0.1, 0.15) is 0 Å². The maximum atomic E-state index is 12.1. The molecule has 3 saturated heterocycles. The molecular weight excluding hydrogens is 254 g/mol. The molecule has 5 nitrogen and oxygen atoms in total. The van der Waals surface area contributed by atoms with Crippen molar-refractivity contribution >= 4 is 5.91 Å². The molecule has 3 heterocycles. The molecule has 20 heavy (non-hydrogen) atoms. The summed E-state index contributed by atoms with van der Waals surface area (Å²) in [5.74, 6) is 0.277. The number of piperidine rings is 1. The highest BCUT2D eigenvalue weighted by Crippen LogP contribution is 2.26. The van der Waals surface area contributed by atoms with Crippen molar-refractivity contribution in [3.63, 3.8) is 0 Å². The number of nitrogens with zero attached hydrogens (tertiary/aromatic N) is 2. The average Bonchev–Trinajstić information content (AvgIpc) is 2.92. The molecule has 2 unspecified atom stereocenters. The van der Waals surface area contributed by atoms with Gasteiger partial charge in [-0.2, -0.15) is 0 Å². The molecule has 3 fully saturated rings. The van der Waals surface area contributed by atoms with Gasteiger partial charge in [0.2, 0.25) is 5.91 Å². The summed E-state index contributed by atoms with van der Waals surface area (Å²) in [7, 11) is 0. The van der Waals surface area contributed by atoms with Crippen LogP contribution in [0.3, 0.4) is 0 Å². The first-order chi connectivity index (χ1) is 9.84. The number of hydrogen-bond donors (Lipinski definition) is 1. The van der Waals surface area contributed by atoms with E-state index in [1.165, 1.54) is 38.8 Å². The molecule has 0 radical (unpaired) electrons. The van der Waals surface area contributed by atoms with E-state index in [-0.39, 0.29) is 5.91 Å². The van der Waals surface area contributed by atoms with Crippen molar-refractivity contribution in [2.75, 3.05) is 45.9 Å². The standard InChI is InChI=1S/C15H27N3O2/c19-15(18-9-11-20-12-10-18)4-6-16-13-5-8-17-7-2-1-3-14(13)17/h13-14,16H,1-12H2. The molecule has 0 bridgehead atoms. The Bertz CT molecular complexity index is 331. The smallest absolute Gasteiger partial charge is 0.224 e. The molecule has 2 atom stereocenters. The van der Waals surface area contributed by atoms with Crippen molar-refractivity contribution in [1.29, 1.82) is 0 Å². The van der Waals surface area contributed by atoms with Gasteiger partial charge in [-0.15, -0.1) is 0 Å². The highest BCUT2D eigenvalue weighted by molar-refractivity contribution is 5.76. The zero-order chi connectivity index (χ0) is 13.8. The summed E-state index contributed by atoms with van der Waals surface area (Å²) in [6, 6.07) is 1.33. The Balaban J connectivity index is 1.38. The summed E-state index contributed by atoms with van der Waals surface area (Å²) in [6.45, 7) is 6.25. The van der Waals surface area contributed by atoms with Gasteiger partial charge < -0.3 is 15.0 Å². The quantitative estimate of drug-likeness (QED) is 0.813. The predicted octanol–water partition coefficient (Wildman–Crippen LogP) is 0.452. The third-order valence-corrected chi connectivity index (χ3v) is 4.97. The first-order valence-corrected chi connectivity index (χ1v) is 8.17. The molecule has 3 rings (SSSR count). The van der Waals surface area contributed by atoms with E-state index in [0.29, 0.717) is 25.7 Å². The molecule has 0 aromatic carbocycles. The monoisotopic (exact) mass is 281 g/mol. The van der Waals surface area contributed by atoms with Crippen LogP contribution in [0, 0.1) is 0 Å². The molecule has 1 amide bonds. The Kier molecular flexibility index (Phi) is 4.91. The topological polar surface area (TPSA) is 44.8 Å². The van der Waals surface area contributed by atoms with E-state index >= 15 is 0 Å². The summed E-state index contributed by atoms with van der Waals surface area (Å²) in [5.41, 5.74) is 0. The van der Waals surface area contributed by atoms with Crippen molar-refractivity contribution in [3.8, 4) is 0 Å². The molecule has 0 aromatic rings. The van der Waals surface area contributed by atoms with E-state index in [0.717, 1.165) is 25.7 Å². The first kappa shape index (κ1) is 14.3. The number of morpholine rings is 1. The van der Waals surface area contributed by atoms with Gasteiger partial charge >= 0.3 is 0 Å². The second kappa shape index (κ2) is 6.87. The van der Waals surface area contributed by atoms with Gasteiger partial charge in [-0.05, 0) is 25.8 Å². The maximum absolute atomic E-state index is 12.1. The average molecular weight is 281 g/mol. The number of hydrogen-bond acceptors (Lipinski definition) is 4. The second-order valence-electron chi connectivity index (χ2n) is 6.19. The van der Waals surface area contributed by atoms with Crippen molar-refractivity contribution in [3.05, 3.63) is 0 Å². The number of amides is 1. The number of rotatable bonds is 4. The lowest BCUT2D eigenvalue weighted by Crippen LogP contribution is -2.46. The normalized spacial score (nSPS) is 31.3. The van der Waals surface area contributed by atoms with Crippen molar-refractivity contribution in [2.24, 2.45) is 0 Å². The SMILES string of the molecule is O=C(CCNC1CCN2CCCCC12)N1CCOCC1. The highest BCUT2D eigenvalue weighted by Gasteiger charge is 2.34. The van der Waals surface area contributed by atoms with Gasteiger partial charge in [0, 0.05) is 44.7 Å². The van der Waals surface area contributed by atoms with Crippen molar-refractivity contribution in [1.82, 2.24) is 15.1 Å². The van der Waals surface area contributed by atoms with Crippen LogP contribution < -0.4 is 5.32 Å². The largest absolute Gasteiger partial charge is 0.378 e. The Morgan fingerprint density at radius 3 is 2.80 bits per heavy atom. The van der Waals surface area contributed by atoms with Crippen LogP contribution in [0.1, 0.15) is 32.1 Å². The molecule has 0 saturated carbocycles. The molecule has 0 aliphatic carbocycles. The Labute approximate surface area is 121 Å². The van der Waals surface area contributed by atoms with E-state index in [4.69, 9.17) is 4.74 Å². The van der Waals surface area contributed by atoms with Crippen LogP contribution in [0.4, 0.5) is 0 Å². The van der Waals surface area contributed by atoms with E-state index in [9.17, 15) is 4.79 Å². The number of carbonyl (C=O) groups excluding carboxylic acids is 1. The summed E-state index contributed by atoms with van der Waals surface area (Å²) >= 11 is 0. The zero-order valence-corrected chi connectivity index (χ0v) is 12.4. The molecule has 114 valence electrons. The Morgan fingerprint density at radius 1 is 1.10 bits per heavy atom. The number of fused-ring (bicyclic) bond motifs is 1. The van der Waals surface area contributed by atoms with Crippen LogP contribution in [0.15, 0.2) is 0 Å². The number of ether oxygens (including phenoxy) is 1. The lowest BCUT2D eigenvalue weighted by molar-refractivity contribution is -0.135. The molecule has 0 spiro atoms. The minimum atomic E-state index is 0.277. The van der Waals surface area contributed by atoms with Gasteiger partial charge in [0.15, 0.2) is 0 Å². The van der Waals surface area contributed by atoms with Gasteiger partial charge in [-0.3, -0.25) is 9.69 Å². The zero-order valence-electron chi connectivity index (χ0n) is 12.4. The van der Waals surface area contributed by atoms with Gasteiger partial charge in [-0.1, -0.05) is 6.42 Å². The first-order valence-electron chi connectivity index (χ1n) is 8.17. The summed E-state index contributed by atoms with van der Waals surface area (Å²) in [5, 5.41) is 3.63. The number of carbonyl (C=O) groups is 1. The van der Waals surface area contributed by atoms with Gasteiger partial charge in [0.25, 0.3) is 0 Å². The highest BCUT2D eigenvalue weighted by atomic mass is 16.5. The fraction of sp³-hybridized carbons (Fsp3) is 0.933.